The molecule has 3 heteroatoms. The number of carbonyl (C=O) groups excluding carboxylic acids is 1. The maximum atomic E-state index is 11.8. The molecule has 1 aliphatic heterocycles. The van der Waals surface area contributed by atoms with E-state index >= 15 is 0 Å². The van der Waals surface area contributed by atoms with E-state index in [1.54, 1.807) is 0 Å². The number of rotatable bonds is 3. The number of anilines is 1. The highest BCUT2D eigenvalue weighted by Crippen LogP contribution is 2.46. The lowest BCUT2D eigenvalue weighted by atomic mass is 9.84. The van der Waals surface area contributed by atoms with Crippen LogP contribution in [0.1, 0.15) is 26.3 Å². The van der Waals surface area contributed by atoms with E-state index in [0.717, 1.165) is 11.4 Å². The van der Waals surface area contributed by atoms with Crippen LogP contribution in [-0.2, 0) is 10.2 Å². The number of para-hydroxylation sites is 1. The van der Waals surface area contributed by atoms with Crippen LogP contribution in [0, 0.1) is 0 Å². The van der Waals surface area contributed by atoms with Crippen LogP contribution in [0.15, 0.2) is 36.5 Å². The highest BCUT2D eigenvalue weighted by atomic mass is 16.2. The summed E-state index contributed by atoms with van der Waals surface area (Å²) < 4.78 is 0. The Hall–Kier alpha value is -1.77. The van der Waals surface area contributed by atoms with E-state index < -0.39 is 0 Å². The van der Waals surface area contributed by atoms with Crippen molar-refractivity contribution in [2.24, 2.45) is 0 Å². The SMILES string of the molecule is C=C1N(CC(=O)NCC)c2ccccc2C1(C)C. The van der Waals surface area contributed by atoms with Gasteiger partial charge in [0.15, 0.2) is 0 Å². The van der Waals surface area contributed by atoms with E-state index in [1.807, 2.05) is 24.0 Å². The smallest absolute Gasteiger partial charge is 0.239 e. The van der Waals surface area contributed by atoms with Gasteiger partial charge in [-0.2, -0.15) is 0 Å². The zero-order valence-corrected chi connectivity index (χ0v) is 11.3. The van der Waals surface area contributed by atoms with Crippen molar-refractivity contribution in [1.82, 2.24) is 5.32 Å². The van der Waals surface area contributed by atoms with Crippen LogP contribution in [0.2, 0.25) is 0 Å². The van der Waals surface area contributed by atoms with Crippen LogP contribution in [0.5, 0.6) is 0 Å². The van der Waals surface area contributed by atoms with Gasteiger partial charge in [-0.05, 0) is 18.6 Å². The van der Waals surface area contributed by atoms with Crippen molar-refractivity contribution < 1.29 is 4.79 Å². The zero-order chi connectivity index (χ0) is 13.3. The van der Waals surface area contributed by atoms with E-state index in [0.29, 0.717) is 13.1 Å². The number of likely N-dealkylation sites (N-methyl/N-ethyl adjacent to an activating group) is 1. The number of nitrogens with zero attached hydrogens (tertiary/aromatic N) is 1. The Labute approximate surface area is 108 Å². The molecule has 1 aliphatic rings. The van der Waals surface area contributed by atoms with Crippen molar-refractivity contribution in [3.63, 3.8) is 0 Å². The first-order chi connectivity index (χ1) is 8.48. The third-order valence-corrected chi connectivity index (χ3v) is 3.59. The maximum Gasteiger partial charge on any atom is 0.239 e. The lowest BCUT2D eigenvalue weighted by molar-refractivity contribution is -0.119. The summed E-state index contributed by atoms with van der Waals surface area (Å²) in [6, 6.07) is 8.19. The summed E-state index contributed by atoms with van der Waals surface area (Å²) in [7, 11) is 0. The van der Waals surface area contributed by atoms with Crippen molar-refractivity contribution >= 4 is 11.6 Å². The standard InChI is InChI=1S/C15H20N2O/c1-5-16-14(18)10-17-11(2)15(3,4)12-8-6-7-9-13(12)17/h6-9H,2,5,10H2,1,3-4H3,(H,16,18). The summed E-state index contributed by atoms with van der Waals surface area (Å²) in [5, 5.41) is 2.83. The molecule has 0 unspecified atom stereocenters. The van der Waals surface area contributed by atoms with Crippen LogP contribution < -0.4 is 10.2 Å². The molecule has 1 heterocycles. The summed E-state index contributed by atoms with van der Waals surface area (Å²) in [6.07, 6.45) is 0. The van der Waals surface area contributed by atoms with Crippen LogP contribution in [0.4, 0.5) is 5.69 Å². The van der Waals surface area contributed by atoms with E-state index in [4.69, 9.17) is 0 Å². The number of carbonyl (C=O) groups is 1. The van der Waals surface area contributed by atoms with Crippen LogP contribution in [-0.4, -0.2) is 19.0 Å². The zero-order valence-electron chi connectivity index (χ0n) is 11.3. The lowest BCUT2D eigenvalue weighted by Gasteiger charge is -2.25. The highest BCUT2D eigenvalue weighted by Gasteiger charge is 2.39. The van der Waals surface area contributed by atoms with Crippen molar-refractivity contribution in [1.29, 1.82) is 0 Å². The minimum atomic E-state index is -0.108. The summed E-state index contributed by atoms with van der Waals surface area (Å²) in [6.45, 7) is 11.4. The summed E-state index contributed by atoms with van der Waals surface area (Å²) in [5.41, 5.74) is 3.20. The van der Waals surface area contributed by atoms with Gasteiger partial charge in [-0.1, -0.05) is 38.6 Å². The average molecular weight is 244 g/mol. The van der Waals surface area contributed by atoms with E-state index in [-0.39, 0.29) is 11.3 Å². The Kier molecular flexibility index (Phi) is 3.16. The molecule has 0 radical (unpaired) electrons. The molecule has 0 atom stereocenters. The molecular weight excluding hydrogens is 224 g/mol. The first kappa shape index (κ1) is 12.7. The minimum absolute atomic E-state index is 0.0335. The number of allylic oxidation sites excluding steroid dienone is 1. The first-order valence-corrected chi connectivity index (χ1v) is 6.31. The van der Waals surface area contributed by atoms with Crippen LogP contribution >= 0.6 is 0 Å². The molecule has 1 N–H and O–H groups in total. The van der Waals surface area contributed by atoms with Gasteiger partial charge >= 0.3 is 0 Å². The van der Waals surface area contributed by atoms with Gasteiger partial charge in [0.05, 0.1) is 0 Å². The number of benzene rings is 1. The van der Waals surface area contributed by atoms with Gasteiger partial charge in [0.25, 0.3) is 0 Å². The monoisotopic (exact) mass is 244 g/mol. The molecule has 1 aromatic carbocycles. The Balaban J connectivity index is 2.33. The third kappa shape index (κ3) is 1.90. The summed E-state index contributed by atoms with van der Waals surface area (Å²) in [4.78, 5) is 13.8. The normalized spacial score (nSPS) is 16.6. The van der Waals surface area contributed by atoms with Gasteiger partial charge in [0.1, 0.15) is 6.54 Å². The van der Waals surface area contributed by atoms with E-state index in [9.17, 15) is 4.79 Å². The van der Waals surface area contributed by atoms with Crippen molar-refractivity contribution in [2.75, 3.05) is 18.0 Å². The van der Waals surface area contributed by atoms with Crippen molar-refractivity contribution in [3.05, 3.63) is 42.1 Å². The number of amides is 1. The third-order valence-electron chi connectivity index (χ3n) is 3.59. The average Bonchev–Trinajstić information content (AvgIpc) is 2.52. The molecule has 3 nitrogen and oxygen atoms in total. The van der Waals surface area contributed by atoms with Gasteiger partial charge in [-0.15, -0.1) is 0 Å². The molecule has 18 heavy (non-hydrogen) atoms. The summed E-state index contributed by atoms with van der Waals surface area (Å²) >= 11 is 0. The van der Waals surface area contributed by atoms with E-state index in [1.165, 1.54) is 5.56 Å². The van der Waals surface area contributed by atoms with Crippen molar-refractivity contribution in [3.8, 4) is 0 Å². The fraction of sp³-hybridized carbons (Fsp3) is 0.400. The fourth-order valence-corrected chi connectivity index (χ4v) is 2.45. The molecule has 0 bridgehead atoms. The maximum absolute atomic E-state index is 11.8. The molecule has 1 aromatic rings. The predicted molar refractivity (Wildman–Crippen MR) is 74.6 cm³/mol. The number of nitrogens with one attached hydrogen (secondary N) is 1. The molecule has 2 rings (SSSR count). The number of fused-ring (bicyclic) bond motifs is 1. The second-order valence-corrected chi connectivity index (χ2v) is 5.13. The number of hydrogen-bond donors (Lipinski definition) is 1. The molecule has 0 spiro atoms. The number of hydrogen-bond acceptors (Lipinski definition) is 2. The largest absolute Gasteiger partial charge is 0.355 e. The Bertz CT molecular complexity index is 491. The fourth-order valence-electron chi connectivity index (χ4n) is 2.45. The molecule has 0 saturated heterocycles. The molecule has 96 valence electrons. The van der Waals surface area contributed by atoms with Crippen LogP contribution in [0.25, 0.3) is 0 Å². The second-order valence-electron chi connectivity index (χ2n) is 5.13. The Morgan fingerprint density at radius 3 is 2.72 bits per heavy atom. The van der Waals surface area contributed by atoms with Gasteiger partial charge < -0.3 is 10.2 Å². The first-order valence-electron chi connectivity index (χ1n) is 6.31. The minimum Gasteiger partial charge on any atom is -0.355 e. The van der Waals surface area contributed by atoms with Gasteiger partial charge in [-0.3, -0.25) is 4.79 Å². The second kappa shape index (κ2) is 4.48. The quantitative estimate of drug-likeness (QED) is 0.885. The molecule has 0 aromatic heterocycles. The van der Waals surface area contributed by atoms with Gasteiger partial charge in [0, 0.05) is 23.3 Å². The molecule has 1 amide bonds. The molecule has 0 aliphatic carbocycles. The Morgan fingerprint density at radius 2 is 2.06 bits per heavy atom. The molecule has 0 fully saturated rings. The molecule has 0 saturated carbocycles. The molecular formula is C15H20N2O. The predicted octanol–water partition coefficient (Wildman–Crippen LogP) is 2.43. The van der Waals surface area contributed by atoms with Gasteiger partial charge in [0.2, 0.25) is 5.91 Å². The highest BCUT2D eigenvalue weighted by molar-refractivity contribution is 5.84. The topological polar surface area (TPSA) is 32.3 Å². The Morgan fingerprint density at radius 1 is 1.39 bits per heavy atom. The van der Waals surface area contributed by atoms with Crippen LogP contribution in [0.3, 0.4) is 0 Å². The summed E-state index contributed by atoms with van der Waals surface area (Å²) in [5.74, 6) is 0.0335. The van der Waals surface area contributed by atoms with Gasteiger partial charge in [-0.25, -0.2) is 0 Å². The van der Waals surface area contributed by atoms with Crippen molar-refractivity contribution in [2.45, 2.75) is 26.2 Å². The lowest BCUT2D eigenvalue weighted by Crippen LogP contribution is -2.36. The van der Waals surface area contributed by atoms with E-state index in [2.05, 4.69) is 37.9 Å².